The van der Waals surface area contributed by atoms with Gasteiger partial charge in [-0.05, 0) is 0 Å². The Kier molecular flexibility index (Phi) is 122. The summed E-state index contributed by atoms with van der Waals surface area (Å²) in [6.07, 6.45) is 0. The minimum absolute atomic E-state index is 0. The second kappa shape index (κ2) is 25.8. The van der Waals surface area contributed by atoms with E-state index in [0.717, 1.165) is 0 Å². The largest absolute Gasteiger partial charge is 0 e. The normalized spacial score (nSPS) is 1.20. The molecule has 2 radical (unpaired) electrons. The van der Waals surface area contributed by atoms with Crippen LogP contribution in [0.4, 0.5) is 0 Å². The molecule has 0 aliphatic carbocycles. The Hall–Kier alpha value is 3.51. The molecule has 0 saturated heterocycles. The summed E-state index contributed by atoms with van der Waals surface area (Å²) in [4.78, 5) is 0. The quantitative estimate of drug-likeness (QED) is 0.536. The van der Waals surface area contributed by atoms with E-state index in [1.54, 1.807) is 0 Å². The number of hydrogen-bond acceptors (Lipinski definition) is 1. The second-order valence-electron chi connectivity index (χ2n) is 0. The summed E-state index contributed by atoms with van der Waals surface area (Å²) in [5.41, 5.74) is 0. The van der Waals surface area contributed by atoms with Crippen LogP contribution in [0.1, 0.15) is 2.85 Å². The van der Waals surface area contributed by atoms with Crippen LogP contribution >= 0.6 is 0 Å². The van der Waals surface area contributed by atoms with Crippen molar-refractivity contribution in [1.29, 1.82) is 0 Å². The molecule has 0 fully saturated rings. The first-order chi connectivity index (χ1) is 1.00. The van der Waals surface area contributed by atoms with Crippen LogP contribution < -0.4 is 0 Å². The van der Waals surface area contributed by atoms with Crippen molar-refractivity contribution in [3.05, 3.63) is 0 Å². The van der Waals surface area contributed by atoms with Crippen LogP contribution in [0.2, 0.25) is 0 Å². The molecule has 0 aromatic carbocycles. The van der Waals surface area contributed by atoms with E-state index in [1.807, 2.05) is 0 Å². The molecule has 0 unspecified atom stereocenters. The van der Waals surface area contributed by atoms with E-state index in [1.165, 1.54) is 0 Å². The maximum absolute atomic E-state index is 7.81. The Bertz CT molecular complexity index is 15.7. The molecule has 0 aliphatic heterocycles. The van der Waals surface area contributed by atoms with Gasteiger partial charge in [0.1, 0.15) is 0 Å². The Morgan fingerprint density at radius 1 is 1.40 bits per heavy atom. The second-order valence-corrected chi connectivity index (χ2v) is 0. The maximum atomic E-state index is 7.81. The minimum atomic E-state index is 0. The van der Waals surface area contributed by atoms with E-state index in [4.69, 9.17) is 3.83 Å². The average Bonchev–Trinajstić information content (AvgIpc) is 1.00. The fraction of sp³-hybridized carbons (Fsp3) is 0. The molecule has 0 spiro atoms. The summed E-state index contributed by atoms with van der Waals surface area (Å²) >= 11 is 2.94. The molecule has 0 amide bonds. The minimum Gasteiger partial charge on any atom is 0 e. The standard InChI is InChI=1S/Ba.2Cu.O.Y.2H/q+2;;;;;2*-1. The van der Waals surface area contributed by atoms with Gasteiger partial charge in [0.15, 0.2) is 0 Å². The van der Waals surface area contributed by atoms with Crippen molar-refractivity contribution in [3.8, 4) is 0 Å². The smallest absolute Gasteiger partial charge is 0 e. The topological polar surface area (TPSA) is 17.1 Å². The first kappa shape index (κ1) is 23.6. The molecule has 0 aliphatic rings. The van der Waals surface area contributed by atoms with Crippen LogP contribution in [0.25, 0.3) is 0 Å². The van der Waals surface area contributed by atoms with Crippen molar-refractivity contribution < 1.29 is 72.4 Å². The van der Waals surface area contributed by atoms with E-state index >= 15 is 0 Å². The van der Waals surface area contributed by atoms with Gasteiger partial charge in [0.25, 0.3) is 0 Å². The molecule has 1 nitrogen and oxygen atoms in total. The Morgan fingerprint density at radius 3 is 1.40 bits per heavy atom. The van der Waals surface area contributed by atoms with Gasteiger partial charge < -0.3 is 2.85 Å². The summed E-state index contributed by atoms with van der Waals surface area (Å²) in [7, 11) is 0. The molecule has 0 rings (SSSR count). The summed E-state index contributed by atoms with van der Waals surface area (Å²) in [6.45, 7) is 0. The third-order valence-electron chi connectivity index (χ3n) is 0. The summed E-state index contributed by atoms with van der Waals surface area (Å²) < 4.78 is 7.81. The predicted octanol–water partition coefficient (Wildman–Crippen LogP) is -0.282. The zero-order chi connectivity index (χ0) is 2.00. The van der Waals surface area contributed by atoms with Crippen LogP contribution in [0.15, 0.2) is 0 Å². The van der Waals surface area contributed by atoms with Gasteiger partial charge in [0.05, 0.1) is 0 Å². The summed E-state index contributed by atoms with van der Waals surface area (Å²) in [5, 5.41) is 0. The van der Waals surface area contributed by atoms with E-state index in [0.29, 0.717) is 0 Å². The van der Waals surface area contributed by atoms with Crippen LogP contribution in [0.5, 0.6) is 0 Å². The number of rotatable bonds is 0. The molecule has 0 N–H and O–H groups in total. The van der Waals surface area contributed by atoms with E-state index in [-0.39, 0.29) is 102 Å². The first-order valence-corrected chi connectivity index (χ1v) is 0.508. The van der Waals surface area contributed by atoms with Crippen molar-refractivity contribution in [2.24, 2.45) is 0 Å². The molecular weight excluding hydrogens is 369 g/mol. The zero-order valence-corrected chi connectivity index (χ0v) is 11.5. The summed E-state index contributed by atoms with van der Waals surface area (Å²) in [5.74, 6) is 0. The fourth-order valence-corrected chi connectivity index (χ4v) is 0. The predicted molar refractivity (Wildman–Crippen MR) is 8.66 cm³/mol. The van der Waals surface area contributed by atoms with Gasteiger partial charge in [0, 0.05) is 49.8 Å². The number of hydrogen-bond donors (Lipinski definition) is 0. The van der Waals surface area contributed by atoms with Crippen LogP contribution in [0, 0.1) is 0 Å². The third-order valence-corrected chi connectivity index (χ3v) is 0. The van der Waals surface area contributed by atoms with E-state index in [2.05, 4.69) is 15.9 Å². The first-order valence-electron chi connectivity index (χ1n) is 0.123. The molecule has 0 aromatic rings. The van der Waals surface area contributed by atoms with Gasteiger partial charge in [-0.25, -0.2) is 0 Å². The molecule has 5 heteroatoms. The maximum Gasteiger partial charge on any atom is 0 e. The van der Waals surface area contributed by atoms with Crippen LogP contribution in [-0.2, 0) is 69.6 Å². The van der Waals surface area contributed by atoms with Gasteiger partial charge in [-0.2, -0.15) is 0 Å². The van der Waals surface area contributed by atoms with Crippen molar-refractivity contribution in [1.82, 2.24) is 0 Å². The fourth-order valence-electron chi connectivity index (χ4n) is 0. The van der Waals surface area contributed by atoms with E-state index in [9.17, 15) is 0 Å². The zero-order valence-electron chi connectivity index (χ0n) is 4.30. The molecule has 0 bridgehead atoms. The van der Waals surface area contributed by atoms with Crippen molar-refractivity contribution >= 4 is 48.9 Å². The summed E-state index contributed by atoms with van der Waals surface area (Å²) in [6, 6.07) is 0. The van der Waals surface area contributed by atoms with Gasteiger partial charge in [-0.15, -0.1) is 0 Å². The Balaban J connectivity index is -0.000000000500. The van der Waals surface area contributed by atoms with Gasteiger partial charge >= 0.3 is 68.7 Å². The molecule has 0 aromatic heterocycles. The monoisotopic (exact) mass is 371 g/mol. The molecule has 0 saturated carbocycles. The molecular formula is H2BaCu2OY. The van der Waals surface area contributed by atoms with Gasteiger partial charge in [0.2, 0.25) is 0 Å². The van der Waals surface area contributed by atoms with Crippen LogP contribution in [-0.4, -0.2) is 48.9 Å². The van der Waals surface area contributed by atoms with Crippen molar-refractivity contribution in [3.63, 3.8) is 0 Å². The van der Waals surface area contributed by atoms with Crippen LogP contribution in [0.3, 0.4) is 0 Å². The van der Waals surface area contributed by atoms with Crippen molar-refractivity contribution in [2.45, 2.75) is 0 Å². The molecule has 0 heterocycles. The molecule has 5 heavy (non-hydrogen) atoms. The van der Waals surface area contributed by atoms with E-state index < -0.39 is 0 Å². The molecule has 0 atom stereocenters. The van der Waals surface area contributed by atoms with Gasteiger partial charge in [-0.3, -0.25) is 0 Å². The third kappa shape index (κ3) is 18.5. The van der Waals surface area contributed by atoms with Crippen molar-refractivity contribution in [2.75, 3.05) is 0 Å². The SMILES string of the molecule is [Ba+2].[Cu].[H-].[H-].[O]=[Cu].[Y]. The average molecular weight is 371 g/mol. The molecule has 35 valence electrons. The van der Waals surface area contributed by atoms with Gasteiger partial charge in [-0.1, -0.05) is 0 Å². The Morgan fingerprint density at radius 2 is 1.40 bits per heavy atom. The Labute approximate surface area is 118 Å².